The van der Waals surface area contributed by atoms with Crippen LogP contribution in [0.4, 0.5) is 0 Å². The van der Waals surface area contributed by atoms with Crippen LogP contribution < -0.4 is 15.9 Å². The van der Waals surface area contributed by atoms with E-state index in [1.807, 2.05) is 55.5 Å². The highest BCUT2D eigenvalue weighted by molar-refractivity contribution is 9.10. The molecule has 0 radical (unpaired) electrons. The molecule has 0 bridgehead atoms. The molecule has 0 saturated carbocycles. The Balaban J connectivity index is 1.70. The molecule has 29 heavy (non-hydrogen) atoms. The van der Waals surface area contributed by atoms with E-state index in [2.05, 4.69) is 36.4 Å². The third-order valence-corrected chi connectivity index (χ3v) is 4.48. The Kier molecular flexibility index (Phi) is 6.91. The van der Waals surface area contributed by atoms with Gasteiger partial charge in [0.25, 0.3) is 5.91 Å². The number of amides is 1. The van der Waals surface area contributed by atoms with Crippen LogP contribution in [-0.4, -0.2) is 28.7 Å². The lowest BCUT2D eigenvalue weighted by Crippen LogP contribution is -2.24. The van der Waals surface area contributed by atoms with Gasteiger partial charge in [0.15, 0.2) is 0 Å². The van der Waals surface area contributed by atoms with Crippen LogP contribution in [0.15, 0.2) is 69.0 Å². The number of nitrogens with zero attached hydrogens (tertiary/aromatic N) is 2. The molecule has 0 unspecified atom stereocenters. The molecule has 0 aliphatic heterocycles. The smallest absolute Gasteiger partial charge is 0.346 e. The van der Waals surface area contributed by atoms with E-state index in [4.69, 9.17) is 4.74 Å². The minimum Gasteiger partial charge on any atom is -0.492 e. The zero-order valence-electron chi connectivity index (χ0n) is 15.7. The van der Waals surface area contributed by atoms with Gasteiger partial charge in [0.2, 0.25) is 0 Å². The number of carbonyl (C=O) groups excluding carboxylic acids is 1. The van der Waals surface area contributed by atoms with Crippen molar-refractivity contribution in [3.8, 4) is 17.0 Å². The minimum atomic E-state index is -0.605. The molecule has 7 nitrogen and oxygen atoms in total. The lowest BCUT2D eigenvalue weighted by Gasteiger charge is -2.07. The summed E-state index contributed by atoms with van der Waals surface area (Å²) in [5, 5.41) is 3.95. The van der Waals surface area contributed by atoms with E-state index in [9.17, 15) is 9.59 Å². The van der Waals surface area contributed by atoms with Gasteiger partial charge in [0.05, 0.1) is 23.0 Å². The third-order valence-electron chi connectivity index (χ3n) is 3.86. The molecule has 0 spiro atoms. The maximum Gasteiger partial charge on any atom is 0.346 e. The van der Waals surface area contributed by atoms with Crippen molar-refractivity contribution < 1.29 is 9.53 Å². The maximum atomic E-state index is 12.4. The molecule has 8 heteroatoms. The van der Waals surface area contributed by atoms with Crippen molar-refractivity contribution in [2.75, 3.05) is 6.61 Å². The molecule has 3 aromatic rings. The Morgan fingerprint density at radius 2 is 2.03 bits per heavy atom. The highest BCUT2D eigenvalue weighted by Gasteiger charge is 2.10. The van der Waals surface area contributed by atoms with Crippen LogP contribution in [0.25, 0.3) is 11.3 Å². The van der Waals surface area contributed by atoms with Crippen molar-refractivity contribution in [1.29, 1.82) is 0 Å². The minimum absolute atomic E-state index is 0.0745. The van der Waals surface area contributed by atoms with Crippen LogP contribution in [0.1, 0.15) is 29.4 Å². The van der Waals surface area contributed by atoms with Crippen molar-refractivity contribution >= 4 is 28.1 Å². The van der Waals surface area contributed by atoms with E-state index in [0.29, 0.717) is 12.3 Å². The van der Waals surface area contributed by atoms with Gasteiger partial charge in [-0.3, -0.25) is 4.79 Å². The molecule has 0 fully saturated rings. The molecular formula is C21H19BrN4O3. The number of hydrogen-bond acceptors (Lipinski definition) is 5. The summed E-state index contributed by atoms with van der Waals surface area (Å²) in [5.41, 5.74) is 3.80. The van der Waals surface area contributed by atoms with Crippen molar-refractivity contribution in [2.24, 2.45) is 5.10 Å². The number of aromatic amines is 1. The second-order valence-electron chi connectivity index (χ2n) is 6.09. The molecule has 2 aromatic carbocycles. The van der Waals surface area contributed by atoms with E-state index in [1.165, 1.54) is 12.3 Å². The highest BCUT2D eigenvalue weighted by Crippen LogP contribution is 2.25. The van der Waals surface area contributed by atoms with E-state index in [1.54, 1.807) is 0 Å². The van der Waals surface area contributed by atoms with Crippen molar-refractivity contribution in [2.45, 2.75) is 13.3 Å². The summed E-state index contributed by atoms with van der Waals surface area (Å²) in [4.78, 5) is 30.5. The summed E-state index contributed by atoms with van der Waals surface area (Å²) >= 11 is 3.45. The quantitative estimate of drug-likeness (QED) is 0.419. The standard InChI is InChI=1S/C21H19BrN4O3/c1-2-10-29-19-9-8-14(11-16(19)22)13-23-26-20(27)18-12-17(24-21(28)25-18)15-6-4-3-5-7-15/h3-9,11-13H,2,10H2,1H3,(H,26,27)(H,24,25,28)/b23-13+. The number of nitrogens with one attached hydrogen (secondary N) is 2. The largest absolute Gasteiger partial charge is 0.492 e. The van der Waals surface area contributed by atoms with Crippen molar-refractivity contribution in [1.82, 2.24) is 15.4 Å². The first-order valence-corrected chi connectivity index (χ1v) is 9.78. The highest BCUT2D eigenvalue weighted by atomic mass is 79.9. The van der Waals surface area contributed by atoms with Gasteiger partial charge in [0.1, 0.15) is 11.4 Å². The lowest BCUT2D eigenvalue weighted by atomic mass is 10.1. The van der Waals surface area contributed by atoms with E-state index < -0.39 is 11.6 Å². The monoisotopic (exact) mass is 454 g/mol. The van der Waals surface area contributed by atoms with Crippen molar-refractivity contribution in [3.63, 3.8) is 0 Å². The summed E-state index contributed by atoms with van der Waals surface area (Å²) < 4.78 is 6.40. The third kappa shape index (κ3) is 5.61. The second kappa shape index (κ2) is 9.79. The Hall–Kier alpha value is -3.26. The molecule has 148 valence electrons. The molecule has 2 N–H and O–H groups in total. The van der Waals surface area contributed by atoms with Crippen LogP contribution >= 0.6 is 15.9 Å². The molecule has 1 aromatic heterocycles. The number of H-pyrrole nitrogens is 1. The van der Waals surface area contributed by atoms with Gasteiger partial charge in [-0.2, -0.15) is 10.1 Å². The molecular weight excluding hydrogens is 436 g/mol. The Morgan fingerprint density at radius 1 is 1.24 bits per heavy atom. The fourth-order valence-electron chi connectivity index (χ4n) is 2.49. The lowest BCUT2D eigenvalue weighted by molar-refractivity contribution is 0.0949. The summed E-state index contributed by atoms with van der Waals surface area (Å²) in [6.07, 6.45) is 2.43. The molecule has 1 amide bonds. The number of rotatable bonds is 7. The fraction of sp³-hybridized carbons (Fsp3) is 0.143. The number of aromatic nitrogens is 2. The summed E-state index contributed by atoms with van der Waals surface area (Å²) in [5.74, 6) is 0.204. The molecule has 0 saturated heterocycles. The predicted octanol–water partition coefficient (Wildman–Crippen LogP) is 3.75. The number of carbonyl (C=O) groups is 1. The number of hydrazone groups is 1. The average Bonchev–Trinajstić information content (AvgIpc) is 2.73. The van der Waals surface area contributed by atoms with Crippen LogP contribution in [0.5, 0.6) is 5.75 Å². The topological polar surface area (TPSA) is 96.4 Å². The first kappa shape index (κ1) is 20.5. The maximum absolute atomic E-state index is 12.4. The normalized spacial score (nSPS) is 10.8. The second-order valence-corrected chi connectivity index (χ2v) is 6.94. The van der Waals surface area contributed by atoms with Gasteiger partial charge in [-0.15, -0.1) is 0 Å². The molecule has 0 atom stereocenters. The van der Waals surface area contributed by atoms with Gasteiger partial charge in [-0.05, 0) is 52.2 Å². The first-order valence-electron chi connectivity index (χ1n) is 8.99. The number of ether oxygens (including phenoxy) is 1. The van der Waals surface area contributed by atoms with E-state index >= 15 is 0 Å². The Labute approximate surface area is 176 Å². The fourth-order valence-corrected chi connectivity index (χ4v) is 3.00. The molecule has 0 aliphatic carbocycles. The van der Waals surface area contributed by atoms with Gasteiger partial charge in [-0.1, -0.05) is 37.3 Å². The summed E-state index contributed by atoms with van der Waals surface area (Å²) in [6, 6.07) is 16.2. The van der Waals surface area contributed by atoms with E-state index in [-0.39, 0.29) is 5.69 Å². The van der Waals surface area contributed by atoms with Gasteiger partial charge < -0.3 is 9.72 Å². The predicted molar refractivity (Wildman–Crippen MR) is 115 cm³/mol. The van der Waals surface area contributed by atoms with Gasteiger partial charge in [0, 0.05) is 5.56 Å². The average molecular weight is 455 g/mol. The SMILES string of the molecule is CCCOc1ccc(/C=N/NC(=O)c2cc(-c3ccccc3)nc(=O)[nH]2)cc1Br. The molecule has 1 heterocycles. The number of hydrogen-bond donors (Lipinski definition) is 2. The van der Waals surface area contributed by atoms with Gasteiger partial charge in [-0.25, -0.2) is 10.2 Å². The summed E-state index contributed by atoms with van der Waals surface area (Å²) in [7, 11) is 0. The van der Waals surface area contributed by atoms with Crippen LogP contribution in [-0.2, 0) is 0 Å². The van der Waals surface area contributed by atoms with Crippen LogP contribution in [0.3, 0.4) is 0 Å². The van der Waals surface area contributed by atoms with Gasteiger partial charge >= 0.3 is 5.69 Å². The van der Waals surface area contributed by atoms with Crippen molar-refractivity contribution in [3.05, 3.63) is 80.8 Å². The summed E-state index contributed by atoms with van der Waals surface area (Å²) in [6.45, 7) is 2.67. The Bertz CT molecular complexity index is 1080. The molecule has 3 rings (SSSR count). The van der Waals surface area contributed by atoms with E-state index in [0.717, 1.165) is 27.8 Å². The zero-order valence-corrected chi connectivity index (χ0v) is 17.3. The number of halogens is 1. The Morgan fingerprint density at radius 3 is 2.76 bits per heavy atom. The number of benzene rings is 2. The van der Waals surface area contributed by atoms with Crippen LogP contribution in [0, 0.1) is 0 Å². The zero-order chi connectivity index (χ0) is 20.6. The molecule has 0 aliphatic rings. The van der Waals surface area contributed by atoms with Crippen LogP contribution in [0.2, 0.25) is 0 Å². The first-order chi connectivity index (χ1) is 14.1.